The Morgan fingerprint density at radius 2 is 1.58 bits per heavy atom. The highest BCUT2D eigenvalue weighted by Crippen LogP contribution is 2.41. The van der Waals surface area contributed by atoms with Gasteiger partial charge in [0.25, 0.3) is 5.91 Å². The van der Waals surface area contributed by atoms with Crippen LogP contribution in [0, 0.1) is 5.82 Å². The van der Waals surface area contributed by atoms with Gasteiger partial charge in [-0.25, -0.2) is 14.1 Å². The van der Waals surface area contributed by atoms with Gasteiger partial charge in [-0.3, -0.25) is 4.79 Å². The molecule has 0 aromatic heterocycles. The highest BCUT2D eigenvalue weighted by atomic mass is 19.1. The standard InChI is InChI=1S/C27H26FNO4/c1-18(32-17-19-9-11-20(12-10-19)21-13-15-23(28)16-14-21)25(30)29-24(22-7-5-4-6-8-22)27(2,3)33-26(29)31/h4-16,18,24H,17H2,1-3H3/t18-,24-/m0/s1. The number of cyclic esters (lactones) is 1. The van der Waals surface area contributed by atoms with Gasteiger partial charge in [0.15, 0.2) is 0 Å². The van der Waals surface area contributed by atoms with Crippen molar-refractivity contribution in [2.24, 2.45) is 0 Å². The van der Waals surface area contributed by atoms with Crippen LogP contribution in [0.4, 0.5) is 9.18 Å². The van der Waals surface area contributed by atoms with Crippen molar-refractivity contribution in [2.45, 2.75) is 45.1 Å². The first-order chi connectivity index (χ1) is 15.8. The number of hydrogen-bond acceptors (Lipinski definition) is 4. The third-order valence-corrected chi connectivity index (χ3v) is 5.80. The third kappa shape index (κ3) is 4.81. The molecule has 0 N–H and O–H groups in total. The lowest BCUT2D eigenvalue weighted by molar-refractivity contribution is -0.141. The Balaban J connectivity index is 1.43. The predicted octanol–water partition coefficient (Wildman–Crippen LogP) is 5.90. The molecule has 3 aromatic rings. The second kappa shape index (κ2) is 9.16. The van der Waals surface area contributed by atoms with E-state index in [2.05, 4.69) is 0 Å². The summed E-state index contributed by atoms with van der Waals surface area (Å²) in [6.45, 7) is 5.43. The van der Waals surface area contributed by atoms with Crippen LogP contribution in [0.1, 0.15) is 37.9 Å². The Labute approximate surface area is 192 Å². The van der Waals surface area contributed by atoms with Crippen molar-refractivity contribution < 1.29 is 23.5 Å². The molecule has 1 fully saturated rings. The summed E-state index contributed by atoms with van der Waals surface area (Å²) in [4.78, 5) is 26.9. The number of carbonyl (C=O) groups is 2. The van der Waals surface area contributed by atoms with Crippen LogP contribution in [0.15, 0.2) is 78.9 Å². The second-order valence-electron chi connectivity index (χ2n) is 8.65. The van der Waals surface area contributed by atoms with Crippen molar-refractivity contribution in [3.05, 3.63) is 95.8 Å². The van der Waals surface area contributed by atoms with Gasteiger partial charge in [0, 0.05) is 0 Å². The molecular weight excluding hydrogens is 421 g/mol. The van der Waals surface area contributed by atoms with Crippen LogP contribution in [-0.2, 0) is 20.9 Å². The summed E-state index contributed by atoms with van der Waals surface area (Å²) >= 11 is 0. The van der Waals surface area contributed by atoms with Crippen molar-refractivity contribution in [3.63, 3.8) is 0 Å². The van der Waals surface area contributed by atoms with Gasteiger partial charge < -0.3 is 9.47 Å². The largest absolute Gasteiger partial charge is 0.440 e. The van der Waals surface area contributed by atoms with Crippen LogP contribution < -0.4 is 0 Å². The molecule has 0 aliphatic carbocycles. The van der Waals surface area contributed by atoms with E-state index in [1.54, 1.807) is 32.9 Å². The van der Waals surface area contributed by atoms with Gasteiger partial charge in [0.05, 0.1) is 6.61 Å². The average Bonchev–Trinajstić information content (AvgIpc) is 3.06. The highest BCUT2D eigenvalue weighted by Gasteiger charge is 2.52. The summed E-state index contributed by atoms with van der Waals surface area (Å²) in [6, 6.07) is 22.8. The number of imide groups is 1. The van der Waals surface area contributed by atoms with Crippen LogP contribution in [0.5, 0.6) is 0 Å². The monoisotopic (exact) mass is 447 g/mol. The maximum absolute atomic E-state index is 13.2. The van der Waals surface area contributed by atoms with Crippen LogP contribution in [-0.4, -0.2) is 28.6 Å². The maximum atomic E-state index is 13.2. The number of amides is 2. The lowest BCUT2D eigenvalue weighted by Crippen LogP contribution is -2.43. The molecule has 4 rings (SSSR count). The Kier molecular flexibility index (Phi) is 6.29. The van der Waals surface area contributed by atoms with E-state index in [-0.39, 0.29) is 12.4 Å². The molecule has 1 saturated heterocycles. The fourth-order valence-electron chi connectivity index (χ4n) is 4.07. The van der Waals surface area contributed by atoms with E-state index in [4.69, 9.17) is 9.47 Å². The normalized spacial score (nSPS) is 18.1. The topological polar surface area (TPSA) is 55.8 Å². The van der Waals surface area contributed by atoms with Crippen molar-refractivity contribution in [1.29, 1.82) is 0 Å². The van der Waals surface area contributed by atoms with Crippen LogP contribution >= 0.6 is 0 Å². The van der Waals surface area contributed by atoms with E-state index in [1.807, 2.05) is 54.6 Å². The van der Waals surface area contributed by atoms with E-state index < -0.39 is 29.7 Å². The molecule has 2 amide bonds. The van der Waals surface area contributed by atoms with Crippen LogP contribution in [0.25, 0.3) is 11.1 Å². The van der Waals surface area contributed by atoms with Crippen LogP contribution in [0.2, 0.25) is 0 Å². The number of carbonyl (C=O) groups excluding carboxylic acids is 2. The van der Waals surface area contributed by atoms with Crippen molar-refractivity contribution in [1.82, 2.24) is 4.90 Å². The van der Waals surface area contributed by atoms with E-state index in [1.165, 1.54) is 12.1 Å². The van der Waals surface area contributed by atoms with E-state index >= 15 is 0 Å². The fourth-order valence-corrected chi connectivity index (χ4v) is 4.07. The zero-order valence-corrected chi connectivity index (χ0v) is 18.8. The molecule has 0 saturated carbocycles. The zero-order valence-electron chi connectivity index (χ0n) is 18.8. The average molecular weight is 448 g/mol. The van der Waals surface area contributed by atoms with Crippen molar-refractivity contribution >= 4 is 12.0 Å². The summed E-state index contributed by atoms with van der Waals surface area (Å²) in [5, 5.41) is 0. The van der Waals surface area contributed by atoms with Crippen molar-refractivity contribution in [2.75, 3.05) is 0 Å². The summed E-state index contributed by atoms with van der Waals surface area (Å²) in [5.41, 5.74) is 2.71. The minimum Gasteiger partial charge on any atom is -0.440 e. The van der Waals surface area contributed by atoms with Gasteiger partial charge in [0.1, 0.15) is 23.6 Å². The molecule has 1 aliphatic rings. The number of hydrogen-bond donors (Lipinski definition) is 0. The van der Waals surface area contributed by atoms with Gasteiger partial charge in [-0.05, 0) is 55.2 Å². The first-order valence-corrected chi connectivity index (χ1v) is 10.8. The smallest absolute Gasteiger partial charge is 0.417 e. The Morgan fingerprint density at radius 1 is 1.00 bits per heavy atom. The van der Waals surface area contributed by atoms with E-state index in [0.717, 1.165) is 27.2 Å². The fraction of sp³-hybridized carbons (Fsp3) is 0.259. The summed E-state index contributed by atoms with van der Waals surface area (Å²) in [7, 11) is 0. The van der Waals surface area contributed by atoms with Gasteiger partial charge >= 0.3 is 6.09 Å². The third-order valence-electron chi connectivity index (χ3n) is 5.80. The molecule has 1 heterocycles. The molecule has 0 unspecified atom stereocenters. The lowest BCUT2D eigenvalue weighted by atomic mass is 9.91. The lowest BCUT2D eigenvalue weighted by Gasteiger charge is -2.29. The Morgan fingerprint density at radius 3 is 2.18 bits per heavy atom. The molecule has 3 aromatic carbocycles. The summed E-state index contributed by atoms with van der Waals surface area (Å²) in [6.07, 6.45) is -1.51. The second-order valence-corrected chi connectivity index (χ2v) is 8.65. The number of ether oxygens (including phenoxy) is 2. The van der Waals surface area contributed by atoms with Gasteiger partial charge in [0.2, 0.25) is 0 Å². The number of rotatable bonds is 6. The number of halogens is 1. The quantitative estimate of drug-likeness (QED) is 0.472. The molecule has 2 atom stereocenters. The highest BCUT2D eigenvalue weighted by molar-refractivity contribution is 5.96. The van der Waals surface area contributed by atoms with Gasteiger partial charge in [-0.15, -0.1) is 0 Å². The molecule has 5 nitrogen and oxygen atoms in total. The number of nitrogens with zero attached hydrogens (tertiary/aromatic N) is 1. The Hall–Kier alpha value is -3.51. The molecule has 0 spiro atoms. The SMILES string of the molecule is C[C@H](OCc1ccc(-c2ccc(F)cc2)cc1)C(=O)N1C(=O)OC(C)(C)[C@@H]1c1ccccc1. The molecule has 6 heteroatoms. The minimum absolute atomic E-state index is 0.207. The molecule has 0 bridgehead atoms. The van der Waals surface area contributed by atoms with Gasteiger partial charge in [-0.2, -0.15) is 0 Å². The van der Waals surface area contributed by atoms with Gasteiger partial charge in [-0.1, -0.05) is 66.7 Å². The van der Waals surface area contributed by atoms with E-state index in [0.29, 0.717) is 0 Å². The molecule has 0 radical (unpaired) electrons. The predicted molar refractivity (Wildman–Crippen MR) is 123 cm³/mol. The first kappa shape index (κ1) is 22.7. The maximum Gasteiger partial charge on any atom is 0.417 e. The summed E-state index contributed by atoms with van der Waals surface area (Å²) < 4.78 is 24.5. The summed E-state index contributed by atoms with van der Waals surface area (Å²) in [5.74, 6) is -0.718. The molecule has 170 valence electrons. The molecular formula is C27H26FNO4. The van der Waals surface area contributed by atoms with E-state index in [9.17, 15) is 14.0 Å². The Bertz CT molecular complexity index is 1130. The molecule has 1 aliphatic heterocycles. The first-order valence-electron chi connectivity index (χ1n) is 10.8. The van der Waals surface area contributed by atoms with Crippen molar-refractivity contribution in [3.8, 4) is 11.1 Å². The van der Waals surface area contributed by atoms with Crippen LogP contribution in [0.3, 0.4) is 0 Å². The zero-order chi connectivity index (χ0) is 23.6. The minimum atomic E-state index is -0.857. The molecule has 33 heavy (non-hydrogen) atoms. The number of benzene rings is 3.